The molecule has 1 aromatic rings. The van der Waals surface area contributed by atoms with Gasteiger partial charge in [-0.3, -0.25) is 9.59 Å². The van der Waals surface area contributed by atoms with Gasteiger partial charge in [0, 0.05) is 24.3 Å². The van der Waals surface area contributed by atoms with Gasteiger partial charge >= 0.3 is 11.9 Å². The number of methoxy groups -OCH3 is 2. The van der Waals surface area contributed by atoms with Crippen molar-refractivity contribution in [2.24, 2.45) is 17.3 Å². The lowest BCUT2D eigenvalue weighted by Gasteiger charge is -2.46. The number of esters is 2. The van der Waals surface area contributed by atoms with Gasteiger partial charge in [-0.05, 0) is 43.7 Å². The van der Waals surface area contributed by atoms with Crippen molar-refractivity contribution in [3.05, 3.63) is 22.8 Å². The molecule has 1 fully saturated rings. The summed E-state index contributed by atoms with van der Waals surface area (Å²) in [5, 5.41) is 10.9. The third-order valence-electron chi connectivity index (χ3n) is 9.12. The second-order valence-corrected chi connectivity index (χ2v) is 11.4. The number of carbonyl (C=O) groups excluding carboxylic acids is 3. The van der Waals surface area contributed by atoms with E-state index in [0.29, 0.717) is 19.3 Å². The molecule has 0 aromatic heterocycles. The number of ether oxygens (including phenoxy) is 5. The monoisotopic (exact) mass is 546 g/mol. The van der Waals surface area contributed by atoms with Crippen LogP contribution in [0.2, 0.25) is 0 Å². The maximum Gasteiger partial charge on any atom is 0.345 e. The fraction of sp³-hybridized carbons (Fsp3) is 0.700. The summed E-state index contributed by atoms with van der Waals surface area (Å²) in [7, 11) is 2.54. The molecule has 1 spiro atoms. The summed E-state index contributed by atoms with van der Waals surface area (Å²) in [6.45, 7) is 7.77. The Morgan fingerprint density at radius 2 is 1.92 bits per heavy atom. The molecule has 9 heteroatoms. The Morgan fingerprint density at radius 1 is 1.18 bits per heavy atom. The van der Waals surface area contributed by atoms with Gasteiger partial charge < -0.3 is 28.8 Å². The van der Waals surface area contributed by atoms with E-state index in [9.17, 15) is 19.5 Å². The summed E-state index contributed by atoms with van der Waals surface area (Å²) < 4.78 is 29.4. The van der Waals surface area contributed by atoms with Crippen LogP contribution in [0, 0.1) is 17.3 Å². The van der Waals surface area contributed by atoms with E-state index in [1.807, 2.05) is 6.92 Å². The predicted octanol–water partition coefficient (Wildman–Crippen LogP) is 5.05. The molecular weight excluding hydrogens is 504 g/mol. The Hall–Kier alpha value is -2.65. The zero-order valence-electron chi connectivity index (χ0n) is 24.0. The fourth-order valence-electron chi connectivity index (χ4n) is 6.28. The van der Waals surface area contributed by atoms with Gasteiger partial charge in [0.2, 0.25) is 5.79 Å². The van der Waals surface area contributed by atoms with E-state index in [4.69, 9.17) is 23.7 Å². The average Bonchev–Trinajstić information content (AvgIpc) is 3.20. The molecule has 3 heterocycles. The summed E-state index contributed by atoms with van der Waals surface area (Å²) in [5.41, 5.74) is 0.372. The Morgan fingerprint density at radius 3 is 2.56 bits per heavy atom. The lowest BCUT2D eigenvalue weighted by atomic mass is 9.75. The molecule has 4 rings (SSSR count). The van der Waals surface area contributed by atoms with Crippen LogP contribution in [0.25, 0.3) is 0 Å². The van der Waals surface area contributed by atoms with Crippen molar-refractivity contribution in [1.82, 2.24) is 0 Å². The molecule has 0 aliphatic carbocycles. The Balaban J connectivity index is 1.67. The average molecular weight is 547 g/mol. The van der Waals surface area contributed by atoms with Crippen molar-refractivity contribution < 1.29 is 43.2 Å². The van der Waals surface area contributed by atoms with E-state index in [1.54, 1.807) is 19.9 Å². The van der Waals surface area contributed by atoms with Crippen LogP contribution in [0.1, 0.15) is 100 Å². The number of phenolic OH excluding ortho intramolecular Hbond substituents is 1. The van der Waals surface area contributed by atoms with Crippen LogP contribution in [-0.4, -0.2) is 55.5 Å². The van der Waals surface area contributed by atoms with Crippen LogP contribution in [0.5, 0.6) is 11.5 Å². The molecule has 9 nitrogen and oxygen atoms in total. The van der Waals surface area contributed by atoms with Gasteiger partial charge in [0.1, 0.15) is 28.3 Å². The lowest BCUT2D eigenvalue weighted by Crippen LogP contribution is -2.48. The van der Waals surface area contributed by atoms with Gasteiger partial charge in [0.15, 0.2) is 0 Å². The largest absolute Gasteiger partial charge is 0.507 e. The highest BCUT2D eigenvalue weighted by Crippen LogP contribution is 2.56. The molecule has 1 aromatic carbocycles. The van der Waals surface area contributed by atoms with Crippen molar-refractivity contribution in [2.45, 2.75) is 97.1 Å². The molecule has 1 saturated heterocycles. The molecule has 3 aliphatic heterocycles. The van der Waals surface area contributed by atoms with Crippen LogP contribution in [-0.2, 0) is 35.0 Å². The number of benzene rings is 1. The maximum absolute atomic E-state index is 13.3. The number of unbranched alkanes of at least 4 members (excludes halogenated alkanes) is 2. The minimum absolute atomic E-state index is 0.0279. The summed E-state index contributed by atoms with van der Waals surface area (Å²) in [6.07, 6.45) is 5.17. The Bertz CT molecular complexity index is 1110. The van der Waals surface area contributed by atoms with Crippen molar-refractivity contribution in [3.8, 4) is 11.5 Å². The van der Waals surface area contributed by atoms with Crippen LogP contribution in [0.4, 0.5) is 0 Å². The summed E-state index contributed by atoms with van der Waals surface area (Å²) in [6, 6.07) is 1.63. The van der Waals surface area contributed by atoms with Crippen molar-refractivity contribution in [2.75, 3.05) is 20.8 Å². The quantitative estimate of drug-likeness (QED) is 0.244. The number of carbonyl (C=O) groups is 3. The zero-order chi connectivity index (χ0) is 28.5. The highest BCUT2D eigenvalue weighted by Gasteiger charge is 2.57. The summed E-state index contributed by atoms with van der Waals surface area (Å²) >= 11 is 0. The number of rotatable bonds is 10. The van der Waals surface area contributed by atoms with Gasteiger partial charge in [-0.1, -0.05) is 40.0 Å². The number of hydrogen-bond donors (Lipinski definition) is 1. The second-order valence-electron chi connectivity index (χ2n) is 11.4. The van der Waals surface area contributed by atoms with Crippen molar-refractivity contribution >= 4 is 17.7 Å². The van der Waals surface area contributed by atoms with Crippen LogP contribution < -0.4 is 4.74 Å². The second kappa shape index (κ2) is 11.5. The highest BCUT2D eigenvalue weighted by atomic mass is 16.7. The highest BCUT2D eigenvalue weighted by molar-refractivity contribution is 6.03. The van der Waals surface area contributed by atoms with Gasteiger partial charge in [0.25, 0.3) is 0 Å². The van der Waals surface area contributed by atoms with E-state index in [-0.39, 0.29) is 53.8 Å². The van der Waals surface area contributed by atoms with Crippen LogP contribution in [0.3, 0.4) is 0 Å². The standard InChI is InChI=1S/C30H42O9/c1-7-9-10-11-20-12-18-13-21(31)25(27(33)35-5)26-24(18)22(38-20)15-30(39-26)17(3)19(16-37-30)14-23(32)29(4,8-2)28(34)36-6/h13,17,19-20,22,31H,7-12,14-16H2,1-6H3/t17-,19+,20+,22-,29?,30-/m1/s1. The number of phenols is 1. The molecule has 0 radical (unpaired) electrons. The molecule has 0 amide bonds. The van der Waals surface area contributed by atoms with E-state index in [0.717, 1.165) is 36.8 Å². The molecule has 3 aliphatic rings. The Kier molecular flexibility index (Phi) is 8.61. The number of ketones is 1. The molecule has 0 bridgehead atoms. The first-order valence-electron chi connectivity index (χ1n) is 14.1. The number of aromatic hydroxyl groups is 1. The number of hydrogen-bond acceptors (Lipinski definition) is 9. The third kappa shape index (κ3) is 5.15. The van der Waals surface area contributed by atoms with E-state index < -0.39 is 29.2 Å². The van der Waals surface area contributed by atoms with Gasteiger partial charge in [-0.15, -0.1) is 0 Å². The smallest absolute Gasteiger partial charge is 0.345 e. The minimum Gasteiger partial charge on any atom is -0.507 e. The predicted molar refractivity (Wildman–Crippen MR) is 142 cm³/mol. The normalized spacial score (nSPS) is 28.8. The van der Waals surface area contributed by atoms with E-state index in [2.05, 4.69) is 6.92 Å². The van der Waals surface area contributed by atoms with Crippen molar-refractivity contribution in [3.63, 3.8) is 0 Å². The van der Waals surface area contributed by atoms with E-state index in [1.165, 1.54) is 14.2 Å². The van der Waals surface area contributed by atoms with Gasteiger partial charge in [-0.25, -0.2) is 4.79 Å². The SMILES string of the molecule is CCCCC[C@H]1Cc2cc(O)c(C(=O)OC)c3c2[C@@H](C[C@@]2(OC[C@H](CC(=O)C(C)(CC)C(=O)OC)[C@H]2C)O3)O1. The topological polar surface area (TPSA) is 118 Å². The molecule has 1 N–H and O–H groups in total. The molecule has 1 unspecified atom stereocenters. The van der Waals surface area contributed by atoms with E-state index >= 15 is 0 Å². The molecule has 39 heavy (non-hydrogen) atoms. The Labute approximate surface area is 230 Å². The molecule has 6 atom stereocenters. The first kappa shape index (κ1) is 29.3. The summed E-state index contributed by atoms with van der Waals surface area (Å²) in [4.78, 5) is 38.5. The van der Waals surface area contributed by atoms with Crippen LogP contribution in [0.15, 0.2) is 6.07 Å². The van der Waals surface area contributed by atoms with Crippen molar-refractivity contribution in [1.29, 1.82) is 0 Å². The minimum atomic E-state index is -1.23. The lowest BCUT2D eigenvalue weighted by molar-refractivity contribution is -0.214. The summed E-state index contributed by atoms with van der Waals surface area (Å²) in [5.74, 6) is -3.09. The molecule has 216 valence electrons. The number of Topliss-reactive ketones (excluding diaryl/α,β-unsaturated/α-hetero) is 1. The van der Waals surface area contributed by atoms with Crippen LogP contribution >= 0.6 is 0 Å². The van der Waals surface area contributed by atoms with Gasteiger partial charge in [-0.2, -0.15) is 0 Å². The first-order valence-corrected chi connectivity index (χ1v) is 14.1. The first-order chi connectivity index (χ1) is 18.5. The molecule has 0 saturated carbocycles. The fourth-order valence-corrected chi connectivity index (χ4v) is 6.28. The third-order valence-corrected chi connectivity index (χ3v) is 9.12. The zero-order valence-corrected chi connectivity index (χ0v) is 24.0. The molecular formula is C30H42O9. The maximum atomic E-state index is 13.3. The van der Waals surface area contributed by atoms with Gasteiger partial charge in [0.05, 0.1) is 33.0 Å².